The number of nitrogens with zero attached hydrogens (tertiary/aromatic N) is 1. The van der Waals surface area contributed by atoms with E-state index < -0.39 is 6.04 Å². The Balaban J connectivity index is 1.27. The van der Waals surface area contributed by atoms with Gasteiger partial charge < -0.3 is 15.0 Å². The summed E-state index contributed by atoms with van der Waals surface area (Å²) in [6.07, 6.45) is 7.67. The molecule has 0 spiro atoms. The summed E-state index contributed by atoms with van der Waals surface area (Å²) < 4.78 is 5.94. The van der Waals surface area contributed by atoms with E-state index in [0.717, 1.165) is 25.0 Å². The first kappa shape index (κ1) is 22.5. The largest absolute Gasteiger partial charge is 0.374 e. The fraction of sp³-hybridized carbons (Fsp3) is 0.654. The molecule has 0 radical (unpaired) electrons. The summed E-state index contributed by atoms with van der Waals surface area (Å²) in [7, 11) is 0. The van der Waals surface area contributed by atoms with Crippen LogP contribution in [-0.4, -0.2) is 53.0 Å². The summed E-state index contributed by atoms with van der Waals surface area (Å²) in [4.78, 5) is 38.4. The van der Waals surface area contributed by atoms with Gasteiger partial charge in [-0.05, 0) is 69.1 Å². The molecule has 0 bridgehead atoms. The zero-order chi connectivity index (χ0) is 23.2. The third kappa shape index (κ3) is 4.45. The maximum absolute atomic E-state index is 13.0. The van der Waals surface area contributed by atoms with Crippen molar-refractivity contribution in [2.24, 2.45) is 5.92 Å². The van der Waals surface area contributed by atoms with Crippen LogP contribution >= 0.6 is 0 Å². The van der Waals surface area contributed by atoms with Crippen LogP contribution in [0.1, 0.15) is 80.3 Å². The van der Waals surface area contributed by atoms with Gasteiger partial charge in [-0.15, -0.1) is 0 Å². The average Bonchev–Trinajstić information content (AvgIpc) is 3.28. The molecule has 1 aromatic carbocycles. The molecule has 2 saturated heterocycles. The second-order valence-corrected chi connectivity index (χ2v) is 10.7. The molecule has 3 heterocycles. The predicted octanol–water partition coefficient (Wildman–Crippen LogP) is 2.71. The molecule has 7 heteroatoms. The van der Waals surface area contributed by atoms with E-state index in [1.165, 1.54) is 31.2 Å². The highest BCUT2D eigenvalue weighted by Gasteiger charge is 2.40. The van der Waals surface area contributed by atoms with Gasteiger partial charge in [-0.2, -0.15) is 0 Å². The van der Waals surface area contributed by atoms with Crippen molar-refractivity contribution in [1.29, 1.82) is 0 Å². The Morgan fingerprint density at radius 3 is 2.70 bits per heavy atom. The Hall–Kier alpha value is -2.25. The van der Waals surface area contributed by atoms with E-state index in [9.17, 15) is 14.4 Å². The third-order valence-corrected chi connectivity index (χ3v) is 8.13. The molecule has 4 atom stereocenters. The maximum Gasteiger partial charge on any atom is 0.255 e. The van der Waals surface area contributed by atoms with Gasteiger partial charge in [-0.3, -0.25) is 19.7 Å². The Kier molecular flexibility index (Phi) is 6.04. The molecule has 0 aromatic heterocycles. The van der Waals surface area contributed by atoms with Gasteiger partial charge in [0, 0.05) is 37.2 Å². The van der Waals surface area contributed by atoms with E-state index >= 15 is 0 Å². The number of rotatable bonds is 5. The van der Waals surface area contributed by atoms with Gasteiger partial charge >= 0.3 is 0 Å². The van der Waals surface area contributed by atoms with Crippen LogP contribution in [0.2, 0.25) is 0 Å². The monoisotopic (exact) mass is 453 g/mol. The Bertz CT molecular complexity index is 959. The van der Waals surface area contributed by atoms with Gasteiger partial charge in [0.1, 0.15) is 6.04 Å². The van der Waals surface area contributed by atoms with Crippen molar-refractivity contribution in [3.63, 3.8) is 0 Å². The first-order valence-electron chi connectivity index (χ1n) is 12.5. The summed E-state index contributed by atoms with van der Waals surface area (Å²) in [6.45, 7) is 5.63. The van der Waals surface area contributed by atoms with Crippen molar-refractivity contribution in [3.05, 3.63) is 34.9 Å². The number of amides is 3. The number of piperidine rings is 1. The summed E-state index contributed by atoms with van der Waals surface area (Å²) in [6, 6.07) is 6.49. The molecule has 2 N–H and O–H groups in total. The molecule has 1 saturated carbocycles. The number of ether oxygens (including phenoxy) is 1. The van der Waals surface area contributed by atoms with E-state index in [0.29, 0.717) is 36.5 Å². The Morgan fingerprint density at radius 2 is 1.94 bits per heavy atom. The lowest BCUT2D eigenvalue weighted by molar-refractivity contribution is -0.136. The fourth-order valence-corrected chi connectivity index (χ4v) is 6.16. The predicted molar refractivity (Wildman–Crippen MR) is 124 cm³/mol. The Morgan fingerprint density at radius 1 is 1.12 bits per heavy atom. The topological polar surface area (TPSA) is 87.7 Å². The quantitative estimate of drug-likeness (QED) is 0.670. The fourth-order valence-electron chi connectivity index (χ4n) is 6.16. The molecule has 1 unspecified atom stereocenters. The zero-order valence-electron chi connectivity index (χ0n) is 19.7. The zero-order valence-corrected chi connectivity index (χ0v) is 19.7. The van der Waals surface area contributed by atoms with E-state index in [1.54, 1.807) is 4.90 Å². The maximum atomic E-state index is 13.0. The number of benzene rings is 1. The summed E-state index contributed by atoms with van der Waals surface area (Å²) in [5.41, 5.74) is 2.82. The molecule has 3 amide bonds. The van der Waals surface area contributed by atoms with Crippen molar-refractivity contribution >= 4 is 17.7 Å². The van der Waals surface area contributed by atoms with Crippen LogP contribution in [0.25, 0.3) is 0 Å². The molecule has 1 aliphatic carbocycles. The Labute approximate surface area is 195 Å². The number of carbonyl (C=O) groups is 3. The van der Waals surface area contributed by atoms with Crippen LogP contribution in [0.15, 0.2) is 18.2 Å². The van der Waals surface area contributed by atoms with Gasteiger partial charge in [0.15, 0.2) is 0 Å². The molecular weight excluding hydrogens is 418 g/mol. The number of hydrogen-bond donors (Lipinski definition) is 2. The molecule has 7 nitrogen and oxygen atoms in total. The average molecular weight is 454 g/mol. The van der Waals surface area contributed by atoms with Gasteiger partial charge in [0.05, 0.1) is 5.60 Å². The van der Waals surface area contributed by atoms with Crippen LogP contribution in [0.4, 0.5) is 0 Å². The van der Waals surface area contributed by atoms with E-state index in [-0.39, 0.29) is 29.7 Å². The molecule has 3 aliphatic heterocycles. The molecular formula is C26H35N3O4. The van der Waals surface area contributed by atoms with Crippen molar-refractivity contribution < 1.29 is 19.1 Å². The SMILES string of the molecule is CC1(C)OCC[C@@H]1N[C@H]1CCCC[C@@H]1Cc1ccc2c(c1)CN(C1CCC(=O)NC1=O)C2=O. The minimum absolute atomic E-state index is 0.105. The minimum Gasteiger partial charge on any atom is -0.374 e. The van der Waals surface area contributed by atoms with Crippen molar-refractivity contribution in [2.45, 2.75) is 95.5 Å². The highest BCUT2D eigenvalue weighted by atomic mass is 16.5. The van der Waals surface area contributed by atoms with E-state index in [1.807, 2.05) is 6.07 Å². The van der Waals surface area contributed by atoms with Crippen LogP contribution in [0, 0.1) is 5.92 Å². The van der Waals surface area contributed by atoms with Crippen LogP contribution < -0.4 is 10.6 Å². The molecule has 5 rings (SSSR count). The number of imide groups is 1. The van der Waals surface area contributed by atoms with Gasteiger partial charge in [-0.1, -0.05) is 25.0 Å². The second-order valence-electron chi connectivity index (χ2n) is 10.7. The van der Waals surface area contributed by atoms with Crippen molar-refractivity contribution in [2.75, 3.05) is 6.61 Å². The lowest BCUT2D eigenvalue weighted by Gasteiger charge is -2.37. The first-order chi connectivity index (χ1) is 15.8. The number of carbonyl (C=O) groups excluding carboxylic acids is 3. The van der Waals surface area contributed by atoms with Crippen molar-refractivity contribution in [3.8, 4) is 0 Å². The molecule has 33 heavy (non-hydrogen) atoms. The molecule has 1 aromatic rings. The van der Waals surface area contributed by atoms with Crippen molar-refractivity contribution in [1.82, 2.24) is 15.5 Å². The summed E-state index contributed by atoms with van der Waals surface area (Å²) in [5, 5.41) is 6.31. The molecule has 3 fully saturated rings. The number of fused-ring (bicyclic) bond motifs is 1. The van der Waals surface area contributed by atoms with Gasteiger partial charge in [-0.25, -0.2) is 0 Å². The lowest BCUT2D eigenvalue weighted by Crippen LogP contribution is -2.52. The standard InChI is InChI=1S/C26H35N3O4/c1-26(2)22(11-12-33-26)27-20-6-4-3-5-17(20)13-16-7-8-19-18(14-16)15-29(25(19)32)21-9-10-23(30)28-24(21)31/h7-8,14,17,20-22,27H,3-6,9-13,15H2,1-2H3,(H,28,30,31)/t17-,20+,21?,22+/m1/s1. The normalized spacial score (nSPS) is 31.6. The second kappa shape index (κ2) is 8.84. The van der Waals surface area contributed by atoms with Crippen LogP contribution in [0.5, 0.6) is 0 Å². The third-order valence-electron chi connectivity index (χ3n) is 8.13. The summed E-state index contributed by atoms with van der Waals surface area (Å²) >= 11 is 0. The van der Waals surface area contributed by atoms with Gasteiger partial charge in [0.2, 0.25) is 11.8 Å². The van der Waals surface area contributed by atoms with Gasteiger partial charge in [0.25, 0.3) is 5.91 Å². The van der Waals surface area contributed by atoms with Crippen LogP contribution in [0.3, 0.4) is 0 Å². The number of nitrogens with one attached hydrogen (secondary N) is 2. The highest BCUT2D eigenvalue weighted by molar-refractivity contribution is 6.05. The number of hydrogen-bond acceptors (Lipinski definition) is 5. The molecule has 4 aliphatic rings. The van der Waals surface area contributed by atoms with E-state index in [2.05, 4.69) is 36.6 Å². The van der Waals surface area contributed by atoms with Crippen LogP contribution in [-0.2, 0) is 27.3 Å². The first-order valence-corrected chi connectivity index (χ1v) is 12.5. The summed E-state index contributed by atoms with van der Waals surface area (Å²) in [5.74, 6) is -0.156. The minimum atomic E-state index is -0.560. The lowest BCUT2D eigenvalue weighted by atomic mass is 9.79. The smallest absolute Gasteiger partial charge is 0.255 e. The van der Waals surface area contributed by atoms with E-state index in [4.69, 9.17) is 4.74 Å². The molecule has 178 valence electrons. The highest BCUT2D eigenvalue weighted by Crippen LogP contribution is 2.33.